The minimum atomic E-state index is -3.08. The summed E-state index contributed by atoms with van der Waals surface area (Å²) in [5.74, 6) is -6.05. The predicted octanol–water partition coefficient (Wildman–Crippen LogP) is -0.128. The molecule has 0 saturated carbocycles. The van der Waals surface area contributed by atoms with Crippen LogP contribution in [0.15, 0.2) is 0 Å². The molecule has 0 bridgehead atoms. The molecule has 22 nitrogen and oxygen atoms in total. The van der Waals surface area contributed by atoms with Gasteiger partial charge in [0, 0.05) is 48.5 Å². The number of esters is 7. The van der Waals surface area contributed by atoms with Crippen LogP contribution in [0.5, 0.6) is 0 Å². The lowest BCUT2D eigenvalue weighted by atomic mass is 9.95. The first kappa shape index (κ1) is 48.5. The van der Waals surface area contributed by atoms with E-state index >= 15 is 0 Å². The van der Waals surface area contributed by atoms with E-state index in [1.54, 1.807) is 13.8 Å². The highest BCUT2D eigenvalue weighted by Crippen LogP contribution is 2.43. The average molecular weight is 862 g/mol. The van der Waals surface area contributed by atoms with Crippen LogP contribution < -0.4 is 15.9 Å². The van der Waals surface area contributed by atoms with Crippen molar-refractivity contribution in [3.63, 3.8) is 0 Å². The van der Waals surface area contributed by atoms with Crippen LogP contribution in [0.4, 0.5) is 0 Å². The summed E-state index contributed by atoms with van der Waals surface area (Å²) in [4.78, 5) is 86.0. The average Bonchev–Trinajstić information content (AvgIpc) is 3.06. The topological polar surface area (TPSA) is 266 Å². The van der Waals surface area contributed by atoms with Crippen molar-refractivity contribution in [1.82, 2.24) is 15.9 Å². The number of hydrogen-bond acceptors (Lipinski definition) is 21. The third-order valence-corrected chi connectivity index (χ3v) is 9.81. The lowest BCUT2D eigenvalue weighted by molar-refractivity contribution is -0.345. The number of carbonyl (C=O) groups is 7. The van der Waals surface area contributed by atoms with Crippen molar-refractivity contribution >= 4 is 77.6 Å². The third-order valence-electron chi connectivity index (χ3n) is 7.11. The number of nitrogens with one attached hydrogen (secondary N) is 3. The molecule has 318 valence electrons. The normalized spacial score (nSPS) is 27.4. The fraction of sp³-hybridized carbons (Fsp3) is 0.742. The maximum Gasteiger partial charge on any atom is 0.303 e. The molecule has 0 unspecified atom stereocenters. The first-order valence-corrected chi connectivity index (χ1v) is 20.1. The summed E-state index contributed by atoms with van der Waals surface area (Å²) in [6.07, 6.45) is -16.0. The minimum absolute atomic E-state index is 0.201. The number of carbonyl (C=O) groups excluding carboxylic acids is 7. The molecule has 2 rings (SSSR count). The van der Waals surface area contributed by atoms with Gasteiger partial charge in [0.2, 0.25) is 0 Å². The maximum atomic E-state index is 12.6. The van der Waals surface area contributed by atoms with Gasteiger partial charge in [-0.3, -0.25) is 39.0 Å². The van der Waals surface area contributed by atoms with Crippen molar-refractivity contribution in [2.45, 2.75) is 124 Å². The molecular weight excluding hydrogens is 813 g/mol. The zero-order chi connectivity index (χ0) is 42.3. The van der Waals surface area contributed by atoms with Crippen LogP contribution in [0.2, 0.25) is 0 Å². The molecule has 0 spiro atoms. The molecule has 56 heavy (non-hydrogen) atoms. The molecule has 0 aromatic rings. The van der Waals surface area contributed by atoms with Gasteiger partial charge >= 0.3 is 41.8 Å². The summed E-state index contributed by atoms with van der Waals surface area (Å²) in [5.41, 5.74) is 2.64. The van der Waals surface area contributed by atoms with Gasteiger partial charge in [0.25, 0.3) is 6.64 Å². The van der Waals surface area contributed by atoms with E-state index in [1.165, 1.54) is 0 Å². The Hall–Kier alpha value is -3.61. The number of hydrogen-bond donors (Lipinski definition) is 3. The second-order valence-electron chi connectivity index (χ2n) is 11.8. The zero-order valence-electron chi connectivity index (χ0n) is 32.1. The Morgan fingerprint density at radius 1 is 0.571 bits per heavy atom. The Morgan fingerprint density at radius 2 is 0.982 bits per heavy atom. The number of rotatable bonds is 18. The molecule has 0 radical (unpaired) electrons. The first-order valence-electron chi connectivity index (χ1n) is 17.0. The lowest BCUT2D eigenvalue weighted by Gasteiger charge is -2.49. The SMILES string of the molecule is CCOP(=S)(NNC(=S)N[C@@H]1O[C@H](COC(C)=O)[C@@H](O[C@@H]2O[C@H](COC(C)=O)[C@H](OC(C)=O)[C@H](OC(C)=O)[C@H]2OC(C)=O)[C@H](OC(C)=O)[C@H]1OC(C)=O)OCC. The second-order valence-corrected chi connectivity index (χ2v) is 15.3. The Balaban J connectivity index is 2.70. The van der Waals surface area contributed by atoms with E-state index in [-0.39, 0.29) is 18.3 Å². The maximum absolute atomic E-state index is 12.6. The summed E-state index contributed by atoms with van der Waals surface area (Å²) in [6.45, 7) is 6.92. The quantitative estimate of drug-likeness (QED) is 0.0533. The summed E-state index contributed by atoms with van der Waals surface area (Å²) in [5, 5.41) is 5.28. The smallest absolute Gasteiger partial charge is 0.303 e. The standard InChI is InChI=1S/C31H48N3O19PS2/c1-10-44-54(56,45-11-2)34-33-31(55)32-29-27(49-19(8)40)25(47-17(6)38)24(21(51-29)12-42-14(3)35)53-30-28(50-20(9)41)26(48-18(7)39)23(46-16(5)37)22(52-30)13-43-15(4)36/h21-30H,10-13H2,1-9H3,(H,34,56)(H2,32,33,55)/t21-,22-,23+,24-,25+,26+,27-,28-,29-,30+/m1/s1. The van der Waals surface area contributed by atoms with Crippen LogP contribution in [0.3, 0.4) is 0 Å². The van der Waals surface area contributed by atoms with Crippen molar-refractivity contribution < 1.29 is 90.0 Å². The number of thiocarbonyl (C=S) groups is 1. The van der Waals surface area contributed by atoms with E-state index in [2.05, 4.69) is 15.9 Å². The fourth-order valence-corrected chi connectivity index (χ4v) is 7.50. The molecule has 0 amide bonds. The van der Waals surface area contributed by atoms with Crippen molar-refractivity contribution in [2.24, 2.45) is 0 Å². The van der Waals surface area contributed by atoms with Crippen molar-refractivity contribution in [2.75, 3.05) is 26.4 Å². The van der Waals surface area contributed by atoms with E-state index < -0.39 is 123 Å². The van der Waals surface area contributed by atoms with Crippen LogP contribution in [0, 0.1) is 0 Å². The highest BCUT2D eigenvalue weighted by molar-refractivity contribution is 8.08. The zero-order valence-corrected chi connectivity index (χ0v) is 34.6. The van der Waals surface area contributed by atoms with E-state index in [0.29, 0.717) is 0 Å². The third kappa shape index (κ3) is 15.7. The van der Waals surface area contributed by atoms with Crippen LogP contribution in [-0.2, 0) is 102 Å². The van der Waals surface area contributed by atoms with E-state index in [1.807, 2.05) is 0 Å². The van der Waals surface area contributed by atoms with Crippen LogP contribution in [0.1, 0.15) is 62.3 Å². The minimum Gasteiger partial charge on any atom is -0.463 e. The first-order chi connectivity index (χ1) is 26.2. The van der Waals surface area contributed by atoms with Crippen molar-refractivity contribution in [3.8, 4) is 0 Å². The van der Waals surface area contributed by atoms with Gasteiger partial charge in [-0.05, 0) is 37.9 Å². The highest BCUT2D eigenvalue weighted by Gasteiger charge is 2.57. The van der Waals surface area contributed by atoms with Gasteiger partial charge in [-0.25, -0.2) is 0 Å². The molecule has 0 aliphatic carbocycles. The van der Waals surface area contributed by atoms with Gasteiger partial charge in [-0.1, -0.05) is 0 Å². The molecule has 0 aromatic heterocycles. The van der Waals surface area contributed by atoms with Crippen LogP contribution >= 0.6 is 18.9 Å². The van der Waals surface area contributed by atoms with Crippen LogP contribution in [0.25, 0.3) is 0 Å². The molecule has 2 fully saturated rings. The van der Waals surface area contributed by atoms with Crippen LogP contribution in [-0.4, -0.2) is 135 Å². The molecule has 3 N–H and O–H groups in total. The largest absolute Gasteiger partial charge is 0.463 e. The number of ether oxygens (including phenoxy) is 10. The summed E-state index contributed by atoms with van der Waals surface area (Å²) in [6, 6.07) is 0. The van der Waals surface area contributed by atoms with Gasteiger partial charge in [0.05, 0.1) is 13.2 Å². The van der Waals surface area contributed by atoms with Gasteiger partial charge in [0.15, 0.2) is 48.2 Å². The van der Waals surface area contributed by atoms with Crippen molar-refractivity contribution in [3.05, 3.63) is 0 Å². The summed E-state index contributed by atoms with van der Waals surface area (Å²) >= 11 is 10.9. The molecule has 10 atom stereocenters. The molecule has 2 saturated heterocycles. The Kier molecular flexibility index (Phi) is 19.9. The van der Waals surface area contributed by atoms with Gasteiger partial charge in [-0.15, -0.1) is 0 Å². The Labute approximate surface area is 332 Å². The highest BCUT2D eigenvalue weighted by atomic mass is 32.5. The fourth-order valence-electron chi connectivity index (χ4n) is 5.35. The predicted molar refractivity (Wildman–Crippen MR) is 193 cm³/mol. The van der Waals surface area contributed by atoms with E-state index in [9.17, 15) is 33.6 Å². The molecule has 2 aliphatic heterocycles. The Bertz CT molecular complexity index is 1480. The number of hydrazine groups is 1. The lowest BCUT2D eigenvalue weighted by Crippen LogP contribution is -2.69. The van der Waals surface area contributed by atoms with Gasteiger partial charge < -0.3 is 61.7 Å². The second kappa shape index (κ2) is 23.0. The van der Waals surface area contributed by atoms with E-state index in [0.717, 1.165) is 48.5 Å². The molecular formula is C31H48N3O19PS2. The van der Waals surface area contributed by atoms with E-state index in [4.69, 9.17) is 80.4 Å². The molecule has 0 aromatic carbocycles. The van der Waals surface area contributed by atoms with Crippen molar-refractivity contribution in [1.29, 1.82) is 0 Å². The Morgan fingerprint density at radius 3 is 1.43 bits per heavy atom. The summed E-state index contributed by atoms with van der Waals surface area (Å²) < 4.78 is 67.6. The monoisotopic (exact) mass is 861 g/mol. The van der Waals surface area contributed by atoms with Gasteiger partial charge in [0.1, 0.15) is 31.5 Å². The summed E-state index contributed by atoms with van der Waals surface area (Å²) in [7, 11) is 0. The van der Waals surface area contributed by atoms with Gasteiger partial charge in [-0.2, -0.15) is 5.20 Å². The molecule has 25 heteroatoms. The molecule has 2 aliphatic rings. The molecule has 2 heterocycles.